The van der Waals surface area contributed by atoms with Crippen molar-refractivity contribution in [3.63, 3.8) is 0 Å². The zero-order valence-corrected chi connectivity index (χ0v) is 13.8. The molecule has 0 saturated heterocycles. The number of fused-ring (bicyclic) bond motifs is 5. The van der Waals surface area contributed by atoms with Crippen molar-refractivity contribution in [1.82, 2.24) is 0 Å². The molecule has 1 N–H and O–H groups in total. The minimum absolute atomic E-state index is 0.529. The highest BCUT2D eigenvalue weighted by molar-refractivity contribution is 5.85. The van der Waals surface area contributed by atoms with E-state index in [2.05, 4.69) is 19.0 Å². The summed E-state index contributed by atoms with van der Waals surface area (Å²) in [7, 11) is 0. The van der Waals surface area contributed by atoms with Crippen LogP contribution >= 0.6 is 0 Å². The van der Waals surface area contributed by atoms with Crippen LogP contribution < -0.4 is 0 Å². The summed E-state index contributed by atoms with van der Waals surface area (Å²) in [5.74, 6) is 3.75. The molecule has 4 aliphatic carbocycles. The van der Waals surface area contributed by atoms with Gasteiger partial charge in [-0.05, 0) is 92.3 Å². The van der Waals surface area contributed by atoms with E-state index in [1.165, 1.54) is 51.4 Å². The van der Waals surface area contributed by atoms with Crippen LogP contribution in [0.5, 0.6) is 0 Å². The van der Waals surface area contributed by atoms with Crippen molar-refractivity contribution in [3.8, 4) is 0 Å². The molecule has 0 spiro atoms. The van der Waals surface area contributed by atoms with Gasteiger partial charge < -0.3 is 5.21 Å². The average Bonchev–Trinajstić information content (AvgIpc) is 2.88. The fourth-order valence-corrected chi connectivity index (χ4v) is 7.14. The summed E-state index contributed by atoms with van der Waals surface area (Å²) in [5, 5.41) is 12.7. The highest BCUT2D eigenvalue weighted by Gasteiger charge is 2.57. The second-order valence-corrected chi connectivity index (χ2v) is 9.11. The van der Waals surface area contributed by atoms with Gasteiger partial charge in [-0.25, -0.2) is 0 Å². The molecule has 0 radical (unpaired) electrons. The second kappa shape index (κ2) is 4.73. The van der Waals surface area contributed by atoms with Gasteiger partial charge in [0.15, 0.2) is 0 Å². The highest BCUT2D eigenvalue weighted by Crippen LogP contribution is 2.65. The lowest BCUT2D eigenvalue weighted by Gasteiger charge is -2.60. The van der Waals surface area contributed by atoms with Crippen molar-refractivity contribution in [2.75, 3.05) is 0 Å². The Kier molecular flexibility index (Phi) is 3.17. The van der Waals surface area contributed by atoms with Crippen LogP contribution in [0.4, 0.5) is 0 Å². The summed E-state index contributed by atoms with van der Waals surface area (Å²) >= 11 is 0. The van der Waals surface area contributed by atoms with Gasteiger partial charge in [0, 0.05) is 0 Å². The predicted octanol–water partition coefficient (Wildman–Crippen LogP) is 5.25. The standard InChI is InChI=1S/C19H31NO/c1-18-9-3-4-16(18)15-6-5-13-12-14(20-21)7-11-19(13,2)17(15)8-10-18/h13,15-17,21H,3-12H2,1-2H3/b20-14-/t13-,15-,16+,17+,18+,19-/m0/s1. The molecule has 4 aliphatic rings. The molecule has 0 aromatic rings. The SMILES string of the molecule is C[C@]12CCC[C@@H]1[C@@H]1CC[C@H]3C/C(=N\O)CC[C@]3(C)[C@@H]1CC2. The molecular formula is C19H31NO. The molecule has 4 fully saturated rings. The van der Waals surface area contributed by atoms with Crippen molar-refractivity contribution in [2.24, 2.45) is 39.7 Å². The van der Waals surface area contributed by atoms with Crippen molar-refractivity contribution >= 4 is 5.71 Å². The average molecular weight is 289 g/mol. The number of hydrogen-bond acceptors (Lipinski definition) is 2. The van der Waals surface area contributed by atoms with Crippen LogP contribution in [-0.4, -0.2) is 10.9 Å². The van der Waals surface area contributed by atoms with Crippen molar-refractivity contribution < 1.29 is 5.21 Å². The van der Waals surface area contributed by atoms with E-state index < -0.39 is 0 Å². The Morgan fingerprint density at radius 1 is 1.00 bits per heavy atom. The lowest BCUT2D eigenvalue weighted by molar-refractivity contribution is -0.0921. The van der Waals surface area contributed by atoms with Crippen molar-refractivity contribution in [1.29, 1.82) is 0 Å². The summed E-state index contributed by atoms with van der Waals surface area (Å²) in [6.45, 7) is 5.17. The lowest BCUT2D eigenvalue weighted by Crippen LogP contribution is -2.52. The zero-order chi connectivity index (χ0) is 14.7. The maximum Gasteiger partial charge on any atom is 0.0574 e. The lowest BCUT2D eigenvalue weighted by atomic mass is 9.45. The molecule has 118 valence electrons. The Labute approximate surface area is 129 Å². The Balaban J connectivity index is 1.61. The smallest absolute Gasteiger partial charge is 0.0574 e. The monoisotopic (exact) mass is 289 g/mol. The molecular weight excluding hydrogens is 258 g/mol. The second-order valence-electron chi connectivity index (χ2n) is 9.11. The number of nitrogens with zero attached hydrogens (tertiary/aromatic N) is 1. The summed E-state index contributed by atoms with van der Waals surface area (Å²) in [6.07, 6.45) is 13.6. The molecule has 0 amide bonds. The van der Waals surface area contributed by atoms with Crippen LogP contribution in [0.2, 0.25) is 0 Å². The first-order chi connectivity index (χ1) is 10.1. The number of oxime groups is 1. The van der Waals surface area contributed by atoms with Gasteiger partial charge in [0.05, 0.1) is 5.71 Å². The van der Waals surface area contributed by atoms with E-state index in [0.717, 1.165) is 42.2 Å². The van der Waals surface area contributed by atoms with Crippen LogP contribution in [0.3, 0.4) is 0 Å². The van der Waals surface area contributed by atoms with E-state index >= 15 is 0 Å². The molecule has 2 heteroatoms. The number of rotatable bonds is 0. The van der Waals surface area contributed by atoms with E-state index in [4.69, 9.17) is 5.21 Å². The molecule has 0 aliphatic heterocycles. The minimum Gasteiger partial charge on any atom is -0.411 e. The maximum absolute atomic E-state index is 9.14. The van der Waals surface area contributed by atoms with Crippen LogP contribution in [0, 0.1) is 34.5 Å². The topological polar surface area (TPSA) is 32.6 Å². The van der Waals surface area contributed by atoms with Crippen LogP contribution in [-0.2, 0) is 0 Å². The van der Waals surface area contributed by atoms with Crippen LogP contribution in [0.15, 0.2) is 5.16 Å². The third-order valence-electron chi connectivity index (χ3n) is 8.42. The molecule has 21 heavy (non-hydrogen) atoms. The van der Waals surface area contributed by atoms with E-state index in [1.54, 1.807) is 0 Å². The van der Waals surface area contributed by atoms with Gasteiger partial charge >= 0.3 is 0 Å². The Bertz CT molecular complexity index is 458. The highest BCUT2D eigenvalue weighted by atomic mass is 16.4. The molecule has 0 bridgehead atoms. The Morgan fingerprint density at radius 3 is 2.67 bits per heavy atom. The van der Waals surface area contributed by atoms with E-state index in [1.807, 2.05) is 0 Å². The maximum atomic E-state index is 9.14. The summed E-state index contributed by atoms with van der Waals surface area (Å²) in [6, 6.07) is 0. The molecule has 2 nitrogen and oxygen atoms in total. The fourth-order valence-electron chi connectivity index (χ4n) is 7.14. The predicted molar refractivity (Wildman–Crippen MR) is 85.6 cm³/mol. The first-order valence-electron chi connectivity index (χ1n) is 9.27. The van der Waals surface area contributed by atoms with Gasteiger partial charge in [-0.15, -0.1) is 0 Å². The van der Waals surface area contributed by atoms with Crippen molar-refractivity contribution in [3.05, 3.63) is 0 Å². The Morgan fingerprint density at radius 2 is 1.86 bits per heavy atom. The molecule has 0 unspecified atom stereocenters. The van der Waals surface area contributed by atoms with Crippen molar-refractivity contribution in [2.45, 2.75) is 78.1 Å². The summed E-state index contributed by atoms with van der Waals surface area (Å²) in [4.78, 5) is 0. The largest absolute Gasteiger partial charge is 0.411 e. The van der Waals surface area contributed by atoms with Gasteiger partial charge in [0.1, 0.15) is 0 Å². The minimum atomic E-state index is 0.529. The first-order valence-corrected chi connectivity index (χ1v) is 9.27. The first kappa shape index (κ1) is 14.1. The Hall–Kier alpha value is -0.530. The molecule has 4 rings (SSSR count). The van der Waals surface area contributed by atoms with E-state index in [9.17, 15) is 0 Å². The summed E-state index contributed by atoms with van der Waals surface area (Å²) < 4.78 is 0. The third kappa shape index (κ3) is 1.93. The zero-order valence-electron chi connectivity index (χ0n) is 13.8. The molecule has 6 atom stereocenters. The molecule has 0 aromatic heterocycles. The van der Waals surface area contributed by atoms with Gasteiger partial charge in [0.25, 0.3) is 0 Å². The van der Waals surface area contributed by atoms with Gasteiger partial charge in [-0.2, -0.15) is 0 Å². The quantitative estimate of drug-likeness (QED) is 0.479. The van der Waals surface area contributed by atoms with Crippen LogP contribution in [0.1, 0.15) is 78.1 Å². The molecule has 0 heterocycles. The van der Waals surface area contributed by atoms with E-state index in [0.29, 0.717) is 10.8 Å². The van der Waals surface area contributed by atoms with E-state index in [-0.39, 0.29) is 0 Å². The fraction of sp³-hybridized carbons (Fsp3) is 0.947. The van der Waals surface area contributed by atoms with Gasteiger partial charge in [-0.3, -0.25) is 0 Å². The van der Waals surface area contributed by atoms with Gasteiger partial charge in [0.2, 0.25) is 0 Å². The van der Waals surface area contributed by atoms with Crippen LogP contribution in [0.25, 0.3) is 0 Å². The normalized spacial score (nSPS) is 54.9. The molecule has 4 saturated carbocycles. The van der Waals surface area contributed by atoms with Gasteiger partial charge in [-0.1, -0.05) is 25.4 Å². The number of hydrogen-bond donors (Lipinski definition) is 1. The summed E-state index contributed by atoms with van der Waals surface area (Å²) in [5.41, 5.74) is 2.27. The third-order valence-corrected chi connectivity index (χ3v) is 8.42. The molecule has 0 aromatic carbocycles.